The van der Waals surface area contributed by atoms with Crippen molar-refractivity contribution in [2.75, 3.05) is 0 Å². The molecule has 1 aromatic heterocycles. The Labute approximate surface area is 91.1 Å². The molecule has 0 saturated carbocycles. The molecular formula is C10H7Cl2NO. The first-order chi connectivity index (χ1) is 6.59. The van der Waals surface area contributed by atoms with Crippen LogP contribution in [-0.4, -0.2) is 10.1 Å². The predicted molar refractivity (Wildman–Crippen MR) is 58.2 cm³/mol. The number of hydrogen-bond donors (Lipinski definition) is 1. The Kier molecular flexibility index (Phi) is 2.25. The lowest BCUT2D eigenvalue weighted by molar-refractivity contribution is 0.480. The largest absolute Gasteiger partial charge is 0.504 e. The Morgan fingerprint density at radius 2 is 1.93 bits per heavy atom. The molecule has 1 aromatic carbocycles. The SMILES string of the molecule is Cc1cnc2c(O)c(Cl)cc(Cl)c2c1. The van der Waals surface area contributed by atoms with Gasteiger partial charge in [0.1, 0.15) is 5.52 Å². The van der Waals surface area contributed by atoms with Crippen LogP contribution in [0, 0.1) is 6.92 Å². The zero-order chi connectivity index (χ0) is 10.3. The van der Waals surface area contributed by atoms with Gasteiger partial charge in [0.2, 0.25) is 0 Å². The average Bonchev–Trinajstić information content (AvgIpc) is 2.14. The molecule has 0 atom stereocenters. The highest BCUT2D eigenvalue weighted by molar-refractivity contribution is 6.39. The van der Waals surface area contributed by atoms with Crippen LogP contribution in [0.25, 0.3) is 10.9 Å². The fraction of sp³-hybridized carbons (Fsp3) is 0.100. The van der Waals surface area contributed by atoms with Crippen LogP contribution in [0.1, 0.15) is 5.56 Å². The van der Waals surface area contributed by atoms with Gasteiger partial charge in [-0.05, 0) is 24.6 Å². The normalized spacial score (nSPS) is 10.8. The van der Waals surface area contributed by atoms with Crippen molar-refractivity contribution in [1.82, 2.24) is 4.98 Å². The van der Waals surface area contributed by atoms with Gasteiger partial charge in [0.05, 0.1) is 10.0 Å². The van der Waals surface area contributed by atoms with Gasteiger partial charge < -0.3 is 5.11 Å². The van der Waals surface area contributed by atoms with E-state index in [1.807, 2.05) is 13.0 Å². The highest BCUT2D eigenvalue weighted by atomic mass is 35.5. The summed E-state index contributed by atoms with van der Waals surface area (Å²) in [5.41, 5.74) is 1.43. The van der Waals surface area contributed by atoms with E-state index in [4.69, 9.17) is 23.2 Å². The van der Waals surface area contributed by atoms with Crippen molar-refractivity contribution in [3.8, 4) is 5.75 Å². The standard InChI is InChI=1S/C10H7Cl2NO/c1-5-2-6-7(11)3-8(12)10(14)9(6)13-4-5/h2-4,14H,1H3. The fourth-order valence-corrected chi connectivity index (χ4v) is 1.82. The van der Waals surface area contributed by atoms with Crippen molar-refractivity contribution in [3.05, 3.63) is 33.9 Å². The molecule has 0 spiro atoms. The van der Waals surface area contributed by atoms with Crippen LogP contribution in [0.5, 0.6) is 5.75 Å². The number of fused-ring (bicyclic) bond motifs is 1. The zero-order valence-corrected chi connectivity index (χ0v) is 8.89. The van der Waals surface area contributed by atoms with Gasteiger partial charge in [-0.15, -0.1) is 0 Å². The van der Waals surface area contributed by atoms with Crippen molar-refractivity contribution >= 4 is 34.1 Å². The number of aryl methyl sites for hydroxylation is 1. The quantitative estimate of drug-likeness (QED) is 0.747. The third-order valence-electron chi connectivity index (χ3n) is 1.99. The number of phenolic OH excluding ortho intramolecular Hbond substituents is 1. The maximum atomic E-state index is 9.62. The molecule has 0 amide bonds. The van der Waals surface area contributed by atoms with Crippen molar-refractivity contribution in [2.45, 2.75) is 6.92 Å². The maximum absolute atomic E-state index is 9.62. The van der Waals surface area contributed by atoms with Crippen LogP contribution in [0.3, 0.4) is 0 Å². The lowest BCUT2D eigenvalue weighted by Crippen LogP contribution is -1.84. The molecule has 2 aromatic rings. The number of aromatic nitrogens is 1. The Morgan fingerprint density at radius 3 is 2.64 bits per heavy atom. The predicted octanol–water partition coefficient (Wildman–Crippen LogP) is 3.56. The van der Waals surface area contributed by atoms with E-state index in [0.717, 1.165) is 5.56 Å². The summed E-state index contributed by atoms with van der Waals surface area (Å²) in [5.74, 6) is -0.0222. The number of aromatic hydroxyl groups is 1. The van der Waals surface area contributed by atoms with Crippen LogP contribution >= 0.6 is 23.2 Å². The van der Waals surface area contributed by atoms with Gasteiger partial charge in [-0.2, -0.15) is 0 Å². The first-order valence-corrected chi connectivity index (χ1v) is 4.78. The molecule has 14 heavy (non-hydrogen) atoms. The van der Waals surface area contributed by atoms with E-state index < -0.39 is 0 Å². The number of halogens is 2. The van der Waals surface area contributed by atoms with Gasteiger partial charge in [0.25, 0.3) is 0 Å². The summed E-state index contributed by atoms with van der Waals surface area (Å²) >= 11 is 11.7. The minimum Gasteiger partial charge on any atom is -0.504 e. The molecule has 2 nitrogen and oxygen atoms in total. The molecule has 1 N–H and O–H groups in total. The second-order valence-electron chi connectivity index (χ2n) is 3.10. The monoisotopic (exact) mass is 227 g/mol. The second kappa shape index (κ2) is 3.30. The minimum atomic E-state index is -0.0222. The number of rotatable bonds is 0. The van der Waals surface area contributed by atoms with Crippen molar-refractivity contribution in [2.24, 2.45) is 0 Å². The van der Waals surface area contributed by atoms with E-state index in [9.17, 15) is 5.11 Å². The van der Waals surface area contributed by atoms with Gasteiger partial charge in [-0.3, -0.25) is 4.98 Å². The van der Waals surface area contributed by atoms with Gasteiger partial charge in [-0.1, -0.05) is 23.2 Å². The topological polar surface area (TPSA) is 33.1 Å². The summed E-state index contributed by atoms with van der Waals surface area (Å²) in [6, 6.07) is 3.38. The minimum absolute atomic E-state index is 0.0222. The lowest BCUT2D eigenvalue weighted by atomic mass is 10.1. The first kappa shape index (κ1) is 9.56. The van der Waals surface area contributed by atoms with Crippen molar-refractivity contribution < 1.29 is 5.11 Å². The number of pyridine rings is 1. The van der Waals surface area contributed by atoms with E-state index >= 15 is 0 Å². The summed E-state index contributed by atoms with van der Waals surface area (Å²) < 4.78 is 0. The third kappa shape index (κ3) is 1.41. The molecule has 0 bridgehead atoms. The number of nitrogens with zero attached hydrogens (tertiary/aromatic N) is 1. The summed E-state index contributed by atoms with van der Waals surface area (Å²) in [6.45, 7) is 1.91. The maximum Gasteiger partial charge on any atom is 0.160 e. The number of benzene rings is 1. The number of phenols is 1. The second-order valence-corrected chi connectivity index (χ2v) is 3.91. The highest BCUT2D eigenvalue weighted by Crippen LogP contribution is 2.36. The Bertz CT molecular complexity index is 511. The summed E-state index contributed by atoms with van der Waals surface area (Å²) in [7, 11) is 0. The average molecular weight is 228 g/mol. The van der Waals surface area contributed by atoms with Crippen LogP contribution in [0.4, 0.5) is 0 Å². The fourth-order valence-electron chi connectivity index (χ4n) is 1.31. The summed E-state index contributed by atoms with van der Waals surface area (Å²) in [4.78, 5) is 4.08. The molecule has 0 aliphatic heterocycles. The summed E-state index contributed by atoms with van der Waals surface area (Å²) in [5, 5.41) is 11.1. The van der Waals surface area contributed by atoms with E-state index in [-0.39, 0.29) is 10.8 Å². The molecule has 4 heteroatoms. The molecule has 1 heterocycles. The highest BCUT2D eigenvalue weighted by Gasteiger charge is 2.09. The lowest BCUT2D eigenvalue weighted by Gasteiger charge is -2.05. The number of hydrogen-bond acceptors (Lipinski definition) is 2. The van der Waals surface area contributed by atoms with E-state index in [0.29, 0.717) is 15.9 Å². The summed E-state index contributed by atoms with van der Waals surface area (Å²) in [6.07, 6.45) is 1.66. The zero-order valence-electron chi connectivity index (χ0n) is 7.38. The Morgan fingerprint density at radius 1 is 1.21 bits per heavy atom. The molecule has 0 radical (unpaired) electrons. The molecule has 2 rings (SSSR count). The van der Waals surface area contributed by atoms with E-state index in [2.05, 4.69) is 4.98 Å². The van der Waals surface area contributed by atoms with Crippen molar-refractivity contribution in [1.29, 1.82) is 0 Å². The molecule has 0 saturated heterocycles. The van der Waals surface area contributed by atoms with Gasteiger partial charge in [0.15, 0.2) is 5.75 Å². The molecule has 0 fully saturated rings. The molecule has 0 unspecified atom stereocenters. The van der Waals surface area contributed by atoms with Crippen LogP contribution in [-0.2, 0) is 0 Å². The molecule has 72 valence electrons. The van der Waals surface area contributed by atoms with Gasteiger partial charge >= 0.3 is 0 Å². The van der Waals surface area contributed by atoms with E-state index in [1.54, 1.807) is 6.20 Å². The first-order valence-electron chi connectivity index (χ1n) is 4.03. The van der Waals surface area contributed by atoms with Crippen LogP contribution < -0.4 is 0 Å². The van der Waals surface area contributed by atoms with Crippen LogP contribution in [0.15, 0.2) is 18.3 Å². The molecule has 0 aliphatic rings. The van der Waals surface area contributed by atoms with E-state index in [1.165, 1.54) is 6.07 Å². The Hall–Kier alpha value is -0.990. The Balaban J connectivity index is 2.94. The van der Waals surface area contributed by atoms with Crippen molar-refractivity contribution in [3.63, 3.8) is 0 Å². The molecule has 0 aliphatic carbocycles. The smallest absolute Gasteiger partial charge is 0.160 e. The van der Waals surface area contributed by atoms with Gasteiger partial charge in [-0.25, -0.2) is 0 Å². The van der Waals surface area contributed by atoms with Gasteiger partial charge in [0, 0.05) is 11.6 Å². The van der Waals surface area contributed by atoms with Crippen LogP contribution in [0.2, 0.25) is 10.0 Å². The third-order valence-corrected chi connectivity index (χ3v) is 2.59. The molecular weight excluding hydrogens is 221 g/mol.